The number of hydrogen-bond donors (Lipinski definition) is 0. The Kier molecular flexibility index (Phi) is 3.39. The monoisotopic (exact) mass is 198 g/mol. The lowest BCUT2D eigenvalue weighted by molar-refractivity contribution is 0.798. The van der Waals surface area contributed by atoms with Gasteiger partial charge in [-0.25, -0.2) is 0 Å². The van der Waals surface area contributed by atoms with Crippen LogP contribution in [0.1, 0.15) is 38.2 Å². The second kappa shape index (κ2) is 4.97. The van der Waals surface area contributed by atoms with Gasteiger partial charge in [0.15, 0.2) is 0 Å². The van der Waals surface area contributed by atoms with Gasteiger partial charge in [-0.2, -0.15) is 0 Å². The van der Waals surface area contributed by atoms with E-state index >= 15 is 0 Å². The van der Waals surface area contributed by atoms with Crippen LogP contribution in [0.3, 0.4) is 0 Å². The van der Waals surface area contributed by atoms with E-state index in [4.69, 9.17) is 0 Å². The lowest BCUT2D eigenvalue weighted by Gasteiger charge is -2.00. The van der Waals surface area contributed by atoms with E-state index in [2.05, 4.69) is 49.4 Å². The summed E-state index contributed by atoms with van der Waals surface area (Å²) < 4.78 is 0. The van der Waals surface area contributed by atoms with E-state index in [-0.39, 0.29) is 0 Å². The molecule has 0 nitrogen and oxygen atoms in total. The predicted octanol–water partition coefficient (Wildman–Crippen LogP) is 4.59. The van der Waals surface area contributed by atoms with Crippen LogP contribution >= 0.6 is 0 Å². The molecule has 1 aromatic rings. The van der Waals surface area contributed by atoms with Crippen LogP contribution in [0, 0.1) is 0 Å². The van der Waals surface area contributed by atoms with Crippen LogP contribution in [-0.4, -0.2) is 0 Å². The molecule has 0 amide bonds. The molecule has 1 aliphatic carbocycles. The fourth-order valence-corrected chi connectivity index (χ4v) is 1.99. The standard InChI is InChI=1S/C15H18/c1-2-3-7-13-10-11-15(12-13)14-8-5-4-6-9-14/h4-6,8-10,12H,2-3,7,11H2,1H3. The van der Waals surface area contributed by atoms with Crippen molar-refractivity contribution in [2.45, 2.75) is 32.6 Å². The second-order valence-corrected chi connectivity index (χ2v) is 4.12. The number of hydrogen-bond acceptors (Lipinski definition) is 0. The third kappa shape index (κ3) is 2.59. The molecule has 0 spiro atoms. The first-order valence-electron chi connectivity index (χ1n) is 5.85. The van der Waals surface area contributed by atoms with Crippen molar-refractivity contribution in [1.82, 2.24) is 0 Å². The van der Waals surface area contributed by atoms with E-state index < -0.39 is 0 Å². The summed E-state index contributed by atoms with van der Waals surface area (Å²) >= 11 is 0. The largest absolute Gasteiger partial charge is 0.0769 e. The van der Waals surface area contributed by atoms with Crippen molar-refractivity contribution in [3.05, 3.63) is 53.6 Å². The van der Waals surface area contributed by atoms with Gasteiger partial charge < -0.3 is 0 Å². The first kappa shape index (κ1) is 10.2. The van der Waals surface area contributed by atoms with E-state index in [9.17, 15) is 0 Å². The lowest BCUT2D eigenvalue weighted by Crippen LogP contribution is -1.78. The third-order valence-corrected chi connectivity index (χ3v) is 2.91. The molecule has 15 heavy (non-hydrogen) atoms. The summed E-state index contributed by atoms with van der Waals surface area (Å²) in [7, 11) is 0. The van der Waals surface area contributed by atoms with Crippen LogP contribution in [0.2, 0.25) is 0 Å². The van der Waals surface area contributed by atoms with Crippen molar-refractivity contribution in [2.75, 3.05) is 0 Å². The summed E-state index contributed by atoms with van der Waals surface area (Å²) in [6, 6.07) is 10.7. The van der Waals surface area contributed by atoms with Gasteiger partial charge in [0.1, 0.15) is 0 Å². The quantitative estimate of drug-likeness (QED) is 0.663. The van der Waals surface area contributed by atoms with E-state index in [1.54, 1.807) is 0 Å². The topological polar surface area (TPSA) is 0 Å². The summed E-state index contributed by atoms with van der Waals surface area (Å²) in [5.41, 5.74) is 4.37. The Morgan fingerprint density at radius 2 is 1.93 bits per heavy atom. The molecule has 0 heterocycles. The Labute approximate surface area is 92.3 Å². The highest BCUT2D eigenvalue weighted by molar-refractivity contribution is 5.72. The summed E-state index contributed by atoms with van der Waals surface area (Å²) in [4.78, 5) is 0. The van der Waals surface area contributed by atoms with E-state index in [1.807, 2.05) is 0 Å². The van der Waals surface area contributed by atoms with Crippen molar-refractivity contribution >= 4 is 5.57 Å². The molecule has 0 heteroatoms. The molecule has 0 atom stereocenters. The van der Waals surface area contributed by atoms with Crippen LogP contribution in [-0.2, 0) is 0 Å². The minimum atomic E-state index is 1.11. The zero-order valence-corrected chi connectivity index (χ0v) is 9.37. The number of unbranched alkanes of at least 4 members (excludes halogenated alkanes) is 1. The molecular formula is C15H18. The highest BCUT2D eigenvalue weighted by atomic mass is 14.1. The van der Waals surface area contributed by atoms with Gasteiger partial charge in [-0.3, -0.25) is 0 Å². The smallest absolute Gasteiger partial charge is 0.00856 e. The molecule has 1 aliphatic rings. The van der Waals surface area contributed by atoms with Crippen molar-refractivity contribution in [1.29, 1.82) is 0 Å². The average Bonchev–Trinajstić information content (AvgIpc) is 2.76. The average molecular weight is 198 g/mol. The molecule has 0 aromatic heterocycles. The highest BCUT2D eigenvalue weighted by Gasteiger charge is 2.07. The Morgan fingerprint density at radius 3 is 2.67 bits per heavy atom. The Morgan fingerprint density at radius 1 is 1.13 bits per heavy atom. The molecule has 0 bridgehead atoms. The molecule has 0 aliphatic heterocycles. The normalized spacial score (nSPS) is 15.0. The molecule has 1 aromatic carbocycles. The third-order valence-electron chi connectivity index (χ3n) is 2.91. The molecule has 2 rings (SSSR count). The zero-order valence-electron chi connectivity index (χ0n) is 9.37. The molecule has 0 radical (unpaired) electrons. The first-order valence-corrected chi connectivity index (χ1v) is 5.85. The Hall–Kier alpha value is -1.30. The van der Waals surface area contributed by atoms with Crippen LogP contribution < -0.4 is 0 Å². The van der Waals surface area contributed by atoms with E-state index in [0.29, 0.717) is 0 Å². The maximum atomic E-state index is 2.37. The van der Waals surface area contributed by atoms with Gasteiger partial charge in [0, 0.05) is 0 Å². The maximum absolute atomic E-state index is 2.37. The number of allylic oxidation sites excluding steroid dienone is 4. The molecule has 0 saturated carbocycles. The van der Waals surface area contributed by atoms with Gasteiger partial charge in [0.05, 0.1) is 0 Å². The fourth-order valence-electron chi connectivity index (χ4n) is 1.99. The van der Waals surface area contributed by atoms with Crippen molar-refractivity contribution in [3.8, 4) is 0 Å². The first-order chi connectivity index (χ1) is 7.40. The van der Waals surface area contributed by atoms with Crippen molar-refractivity contribution in [2.24, 2.45) is 0 Å². The minimum absolute atomic E-state index is 1.11. The molecule has 0 saturated heterocycles. The van der Waals surface area contributed by atoms with Crippen molar-refractivity contribution in [3.63, 3.8) is 0 Å². The summed E-state index contributed by atoms with van der Waals surface area (Å²) in [6.45, 7) is 2.25. The van der Waals surface area contributed by atoms with Crippen LogP contribution in [0.15, 0.2) is 48.1 Å². The van der Waals surface area contributed by atoms with Gasteiger partial charge in [0.2, 0.25) is 0 Å². The van der Waals surface area contributed by atoms with Crippen LogP contribution in [0.4, 0.5) is 0 Å². The summed E-state index contributed by atoms with van der Waals surface area (Å²) in [6.07, 6.45) is 9.69. The van der Waals surface area contributed by atoms with Gasteiger partial charge >= 0.3 is 0 Å². The number of benzene rings is 1. The molecule has 0 N–H and O–H groups in total. The fraction of sp³-hybridized carbons (Fsp3) is 0.333. The molecule has 0 unspecified atom stereocenters. The minimum Gasteiger partial charge on any atom is -0.0769 e. The summed E-state index contributed by atoms with van der Waals surface area (Å²) in [5.74, 6) is 0. The van der Waals surface area contributed by atoms with Gasteiger partial charge in [-0.15, -0.1) is 0 Å². The summed E-state index contributed by atoms with van der Waals surface area (Å²) in [5, 5.41) is 0. The van der Waals surface area contributed by atoms with Crippen LogP contribution in [0.5, 0.6) is 0 Å². The van der Waals surface area contributed by atoms with Gasteiger partial charge in [0.25, 0.3) is 0 Å². The van der Waals surface area contributed by atoms with Crippen molar-refractivity contribution < 1.29 is 0 Å². The Balaban J connectivity index is 2.04. The van der Waals surface area contributed by atoms with E-state index in [1.165, 1.54) is 36.0 Å². The Bertz CT molecular complexity index is 368. The SMILES string of the molecule is CCCCC1=CCC(c2ccccc2)=C1. The van der Waals surface area contributed by atoms with Gasteiger partial charge in [-0.1, -0.05) is 61.4 Å². The molecule has 78 valence electrons. The second-order valence-electron chi connectivity index (χ2n) is 4.12. The lowest BCUT2D eigenvalue weighted by atomic mass is 10.1. The molecular weight excluding hydrogens is 180 g/mol. The van der Waals surface area contributed by atoms with Gasteiger partial charge in [-0.05, 0) is 30.4 Å². The maximum Gasteiger partial charge on any atom is -0.00856 e. The predicted molar refractivity (Wildman–Crippen MR) is 66.6 cm³/mol. The zero-order chi connectivity index (χ0) is 10.5. The van der Waals surface area contributed by atoms with E-state index in [0.717, 1.165) is 6.42 Å². The number of rotatable bonds is 4. The highest BCUT2D eigenvalue weighted by Crippen LogP contribution is 2.28. The van der Waals surface area contributed by atoms with Crippen LogP contribution in [0.25, 0.3) is 5.57 Å². The molecule has 0 fully saturated rings.